The van der Waals surface area contributed by atoms with Crippen LogP contribution in [0.4, 0.5) is 9.59 Å². The number of alkyl carbamates (subject to hydrolysis) is 2. The number of nitriles is 1. The molecular weight excluding hydrogens is 1030 g/mol. The fourth-order valence-corrected chi connectivity index (χ4v) is 16.5. The molecule has 0 spiro atoms. The number of fused-ring (bicyclic) bond motifs is 4. The quantitative estimate of drug-likeness (QED) is 0.0790. The molecule has 3 saturated heterocycles. The predicted molar refractivity (Wildman–Crippen MR) is 297 cm³/mol. The molecule has 428 valence electrons. The van der Waals surface area contributed by atoms with E-state index in [9.17, 15) is 19.2 Å². The molecule has 12 fully saturated rings. The first-order valence-corrected chi connectivity index (χ1v) is 29.4. The van der Waals surface area contributed by atoms with Crippen molar-refractivity contribution in [1.82, 2.24) is 15.5 Å². The number of benzene rings is 2. The number of likely N-dealkylation sites (tertiary alicyclic amines) is 1. The number of hydrogen-bond donors (Lipinski definition) is 3. The van der Waals surface area contributed by atoms with Crippen LogP contribution < -0.4 is 10.6 Å². The van der Waals surface area contributed by atoms with E-state index in [1.807, 2.05) is 42.5 Å². The van der Waals surface area contributed by atoms with Gasteiger partial charge in [-0.25, -0.2) is 16.2 Å². The molecule has 2 aromatic heterocycles. The van der Waals surface area contributed by atoms with E-state index in [0.717, 1.165) is 70.6 Å². The number of ether oxygens (including phenoxy) is 2. The normalized spacial score (nSPS) is 34.8. The predicted octanol–water partition coefficient (Wildman–Crippen LogP) is 9.47. The third-order valence-corrected chi connectivity index (χ3v) is 21.6. The van der Waals surface area contributed by atoms with Crippen LogP contribution in [0, 0.1) is 82.0 Å². The van der Waals surface area contributed by atoms with Crippen LogP contribution in [0.1, 0.15) is 110 Å². The molecule has 2 aromatic carbocycles. The van der Waals surface area contributed by atoms with Crippen LogP contribution in [0.5, 0.6) is 0 Å². The molecular formula is C61H75B2N5O13. The second-order valence-electron chi connectivity index (χ2n) is 26.6. The van der Waals surface area contributed by atoms with Gasteiger partial charge in [0.05, 0.1) is 66.5 Å². The zero-order valence-electron chi connectivity index (χ0n) is 47.3. The van der Waals surface area contributed by atoms with Crippen LogP contribution in [0.15, 0.2) is 69.9 Å². The maximum atomic E-state index is 13.2. The minimum Gasteiger partial charge on any atom is -0.480 e. The molecule has 9 saturated carbocycles. The van der Waals surface area contributed by atoms with Crippen LogP contribution in [0.2, 0.25) is 0 Å². The molecule has 12 aliphatic rings. The van der Waals surface area contributed by atoms with E-state index in [1.165, 1.54) is 31.8 Å². The largest absolute Gasteiger partial charge is 0.482 e. The zero-order valence-corrected chi connectivity index (χ0v) is 47.3. The topological polar surface area (TPSA) is 226 Å². The van der Waals surface area contributed by atoms with E-state index in [0.29, 0.717) is 67.4 Å². The molecule has 4 bridgehead atoms. The summed E-state index contributed by atoms with van der Waals surface area (Å²) in [6.45, 7) is 21.9. The number of amides is 3. The molecule has 3 aliphatic heterocycles. The Hall–Kier alpha value is -6.05. The van der Waals surface area contributed by atoms with Crippen molar-refractivity contribution in [2.24, 2.45) is 64.1 Å². The lowest BCUT2D eigenvalue weighted by Crippen LogP contribution is -2.65. The monoisotopic (exact) mass is 1110 g/mol. The summed E-state index contributed by atoms with van der Waals surface area (Å²) >= 11 is 0. The minimum absolute atomic E-state index is 0.0111. The lowest BCUT2D eigenvalue weighted by molar-refractivity contribution is -0.199. The number of aliphatic carboxylic acids is 1. The maximum Gasteiger partial charge on any atom is 0.482 e. The van der Waals surface area contributed by atoms with Crippen molar-refractivity contribution in [3.63, 3.8) is 0 Å². The van der Waals surface area contributed by atoms with E-state index >= 15 is 0 Å². The van der Waals surface area contributed by atoms with Crippen LogP contribution >= 0.6 is 0 Å². The van der Waals surface area contributed by atoms with Crippen molar-refractivity contribution >= 4 is 60.2 Å². The van der Waals surface area contributed by atoms with Gasteiger partial charge in [-0.15, -0.1) is 0 Å². The number of nitrogens with zero attached hydrogens (tertiary/aromatic N) is 3. The van der Waals surface area contributed by atoms with Gasteiger partial charge in [-0.2, -0.15) is 5.26 Å². The van der Waals surface area contributed by atoms with Gasteiger partial charge in [0.25, 0.3) is 6.54 Å². The van der Waals surface area contributed by atoms with Gasteiger partial charge in [0, 0.05) is 17.3 Å². The number of piperidine rings is 1. The van der Waals surface area contributed by atoms with E-state index in [-0.39, 0.29) is 65.8 Å². The van der Waals surface area contributed by atoms with Gasteiger partial charge in [0.1, 0.15) is 24.2 Å². The maximum absolute atomic E-state index is 13.2. The molecule has 0 radical (unpaired) electrons. The molecule has 16 rings (SSSR count). The molecule has 3 amide bonds. The lowest BCUT2D eigenvalue weighted by atomic mass is 9.43. The van der Waals surface area contributed by atoms with E-state index in [1.54, 1.807) is 17.4 Å². The minimum atomic E-state index is -1.07. The second-order valence-corrected chi connectivity index (χ2v) is 26.6. The number of carbonyl (C=O) groups excluding carboxylic acids is 3. The number of furan rings is 2. The van der Waals surface area contributed by atoms with Gasteiger partial charge in [0.15, 0.2) is 0 Å². The number of carboxylic acids is 1. The van der Waals surface area contributed by atoms with Gasteiger partial charge in [-0.1, -0.05) is 64.1 Å². The Morgan fingerprint density at radius 2 is 1.26 bits per heavy atom. The number of carbonyl (C=O) groups is 4. The van der Waals surface area contributed by atoms with Crippen molar-refractivity contribution in [2.45, 2.75) is 154 Å². The summed E-state index contributed by atoms with van der Waals surface area (Å²) in [7, 11) is -1.14. The van der Waals surface area contributed by atoms with Gasteiger partial charge in [0.2, 0.25) is 0 Å². The number of nitrogens with one attached hydrogen (secondary N) is 2. The summed E-state index contributed by atoms with van der Waals surface area (Å²) in [4.78, 5) is 53.0. The Morgan fingerprint density at radius 1 is 0.741 bits per heavy atom. The number of carboxylic acid groups (broad SMARTS) is 1. The van der Waals surface area contributed by atoms with Gasteiger partial charge < -0.3 is 62.4 Å². The molecule has 4 aromatic rings. The standard InChI is InChI=1S/C30H36BN3O6.C28H36BNO5.C3H3NO2/c1-29(2)19-11-24(29)30(3)25(12-19)39-31(40-30)26(10-18-15-37-23-8-6-5-7-20(18)23)33-28(36)38-16-22-21-9-17(21)14-34(22)27(35)13-32-4;1-27(2)19-12-23(27)28(3)24(13-19)34-29(35-28)25(11-18-15-32-22-7-5-4-6-20(18)22)30-26(31)33-14-17-9-8-16-10-21(16)17;4-2-1-3(5)6/h5-8,15,17,19,21-22,24-26H,9-14,16H2,1-3H3,(H,33,36);4-7,15-17,19,21,23-25H,8-14H2,1-3H3,(H,30,31);1H2,(H,5,6)/t17-,19-,21-,22-,24-,25+,26-,30-;16-,17+,19+,21+,23+,24-,25+,28+;/m01./s1. The molecule has 16 atom stereocenters. The van der Waals surface area contributed by atoms with Crippen LogP contribution in [0.25, 0.3) is 26.8 Å². The van der Waals surface area contributed by atoms with Crippen molar-refractivity contribution in [2.75, 3.05) is 26.3 Å². The highest BCUT2D eigenvalue weighted by molar-refractivity contribution is 6.48. The zero-order chi connectivity index (χ0) is 56.8. The Kier molecular flexibility index (Phi) is 14.6. The molecule has 9 aliphatic carbocycles. The SMILES string of the molecule is CC1(C)[C@@H]2C[C@H]3OB([C@H](Cc4coc5ccccc45)NC(=O)OC[C@@H]4CC[C@@H]5C[C@@H]54)O[C@@]3(C)[C@H]1C2.N#CCC(=O)O.[C-]#[N+]CC(=O)N1C[C@@H]2C[C@@H]2[C@@H]1COC(=O)N[C@@H](Cc1coc2ccccc12)B1O[C@@H]2C[C@@H]3C[C@@H](C3(C)C)[C@]2(C)O1. The smallest absolute Gasteiger partial charge is 0.480 e. The van der Waals surface area contributed by atoms with Crippen molar-refractivity contribution in [3.8, 4) is 6.07 Å². The highest BCUT2D eigenvalue weighted by Crippen LogP contribution is 2.67. The Morgan fingerprint density at radius 3 is 1.72 bits per heavy atom. The first-order chi connectivity index (χ1) is 38.8. The fraction of sp³-hybridized carbons (Fsp3) is 0.639. The van der Waals surface area contributed by atoms with E-state index in [2.05, 4.69) is 63.1 Å². The highest BCUT2D eigenvalue weighted by atomic mass is 16.7. The lowest BCUT2D eigenvalue weighted by Gasteiger charge is -2.64. The molecule has 81 heavy (non-hydrogen) atoms. The summed E-state index contributed by atoms with van der Waals surface area (Å²) in [6, 6.07) is 17.2. The van der Waals surface area contributed by atoms with Gasteiger partial charge in [-0.05, 0) is 165 Å². The fourth-order valence-electron chi connectivity index (χ4n) is 16.5. The molecule has 5 heterocycles. The average molecular weight is 1110 g/mol. The summed E-state index contributed by atoms with van der Waals surface area (Å²) in [5.74, 6) is 3.05. The van der Waals surface area contributed by atoms with Gasteiger partial charge >= 0.3 is 38.3 Å². The van der Waals surface area contributed by atoms with Crippen molar-refractivity contribution in [3.05, 3.63) is 83.6 Å². The Balaban J connectivity index is 0.000000147. The summed E-state index contributed by atoms with van der Waals surface area (Å²) < 4.78 is 49.6. The molecule has 18 nitrogen and oxygen atoms in total. The number of para-hydroxylation sites is 2. The van der Waals surface area contributed by atoms with Crippen LogP contribution in [-0.4, -0.2) is 116 Å². The summed E-state index contributed by atoms with van der Waals surface area (Å²) in [5.41, 5.74) is 3.40. The first-order valence-electron chi connectivity index (χ1n) is 29.4. The molecule has 3 N–H and O–H groups in total. The Labute approximate surface area is 474 Å². The van der Waals surface area contributed by atoms with E-state index < -0.39 is 44.3 Å². The number of hydrogen-bond acceptors (Lipinski definition) is 13. The van der Waals surface area contributed by atoms with Crippen molar-refractivity contribution in [1.29, 1.82) is 5.26 Å². The second kappa shape index (κ2) is 21.3. The van der Waals surface area contributed by atoms with Crippen molar-refractivity contribution < 1.29 is 61.2 Å². The first kappa shape index (κ1) is 55.5. The van der Waals surface area contributed by atoms with Gasteiger partial charge in [-0.3, -0.25) is 9.59 Å². The Bertz CT molecular complexity index is 3150. The third-order valence-electron chi connectivity index (χ3n) is 21.6. The molecule has 20 heteroatoms. The summed E-state index contributed by atoms with van der Waals surface area (Å²) in [6.07, 6.45) is 12.4. The van der Waals surface area contributed by atoms with Crippen LogP contribution in [0.3, 0.4) is 0 Å². The number of rotatable bonds is 14. The van der Waals surface area contributed by atoms with E-state index in [4.69, 9.17) is 53.9 Å². The molecule has 0 unspecified atom stereocenters. The highest BCUT2D eigenvalue weighted by Gasteiger charge is 2.70. The summed E-state index contributed by atoms with van der Waals surface area (Å²) in [5, 5.41) is 23.5. The third kappa shape index (κ3) is 10.3. The van der Waals surface area contributed by atoms with Crippen LogP contribution in [-0.2, 0) is 50.5 Å². The average Bonchev–Trinajstić information content (AvgIpc) is 3.87.